The zero-order chi connectivity index (χ0) is 14.4. The zero-order valence-electron chi connectivity index (χ0n) is 11.9. The van der Waals surface area contributed by atoms with E-state index in [-0.39, 0.29) is 5.03 Å². The van der Waals surface area contributed by atoms with Crippen molar-refractivity contribution in [3.8, 4) is 0 Å². The molecule has 1 aromatic rings. The fourth-order valence-electron chi connectivity index (χ4n) is 2.57. The molecule has 5 nitrogen and oxygen atoms in total. The van der Waals surface area contributed by atoms with Gasteiger partial charge in [-0.05, 0) is 37.4 Å². The molecule has 20 heavy (non-hydrogen) atoms. The summed E-state index contributed by atoms with van der Waals surface area (Å²) in [6.45, 7) is 1.21. The lowest BCUT2D eigenvalue weighted by molar-refractivity contribution is 0.357. The Morgan fingerprint density at radius 3 is 2.60 bits per heavy atom. The van der Waals surface area contributed by atoms with Crippen LogP contribution in [0.25, 0.3) is 0 Å². The van der Waals surface area contributed by atoms with E-state index in [2.05, 4.69) is 15.0 Å². The zero-order valence-corrected chi connectivity index (χ0v) is 12.7. The Kier molecular flexibility index (Phi) is 5.51. The molecule has 1 aliphatic rings. The Bertz CT molecular complexity index is 508. The van der Waals surface area contributed by atoms with Crippen molar-refractivity contribution in [1.82, 2.24) is 15.0 Å². The van der Waals surface area contributed by atoms with Crippen molar-refractivity contribution in [3.05, 3.63) is 23.9 Å². The summed E-state index contributed by atoms with van der Waals surface area (Å²) in [4.78, 5) is 4.04. The van der Waals surface area contributed by atoms with E-state index >= 15 is 0 Å². The summed E-state index contributed by atoms with van der Waals surface area (Å²) in [7, 11) is -1.63. The summed E-state index contributed by atoms with van der Waals surface area (Å²) < 4.78 is 27.0. The molecule has 0 aliphatic heterocycles. The molecular weight excluding hydrogens is 274 g/mol. The van der Waals surface area contributed by atoms with Crippen molar-refractivity contribution in [2.24, 2.45) is 5.92 Å². The van der Waals surface area contributed by atoms with E-state index in [0.29, 0.717) is 19.0 Å². The van der Waals surface area contributed by atoms with Crippen LogP contribution in [-0.4, -0.2) is 27.0 Å². The molecule has 0 atom stereocenters. The predicted octanol–water partition coefficient (Wildman–Crippen LogP) is 1.66. The van der Waals surface area contributed by atoms with Crippen molar-refractivity contribution in [2.75, 3.05) is 13.6 Å². The molecule has 6 heteroatoms. The maximum absolute atomic E-state index is 12.2. The van der Waals surface area contributed by atoms with Crippen LogP contribution in [0.1, 0.15) is 37.7 Å². The molecule has 1 aliphatic carbocycles. The van der Waals surface area contributed by atoms with Gasteiger partial charge in [-0.15, -0.1) is 0 Å². The van der Waals surface area contributed by atoms with Crippen LogP contribution in [0.5, 0.6) is 0 Å². The lowest BCUT2D eigenvalue weighted by Gasteiger charge is -2.21. The molecule has 2 rings (SSSR count). The predicted molar refractivity (Wildman–Crippen MR) is 78.8 cm³/mol. The van der Waals surface area contributed by atoms with Gasteiger partial charge in [0.25, 0.3) is 10.0 Å². The highest BCUT2D eigenvalue weighted by Gasteiger charge is 2.19. The van der Waals surface area contributed by atoms with Crippen molar-refractivity contribution < 1.29 is 8.42 Å². The Morgan fingerprint density at radius 2 is 2.00 bits per heavy atom. The first-order valence-corrected chi connectivity index (χ1v) is 8.69. The van der Waals surface area contributed by atoms with Gasteiger partial charge in [0.05, 0.1) is 0 Å². The number of aromatic nitrogens is 1. The molecule has 0 bridgehead atoms. The van der Waals surface area contributed by atoms with Gasteiger partial charge in [0, 0.05) is 19.3 Å². The summed E-state index contributed by atoms with van der Waals surface area (Å²) >= 11 is 0. The molecule has 0 unspecified atom stereocenters. The molecule has 0 saturated heterocycles. The first-order valence-electron chi connectivity index (χ1n) is 7.21. The van der Waals surface area contributed by atoms with Crippen LogP contribution in [0.4, 0.5) is 0 Å². The SMILES string of the molecule is CNCc1ccc(S(=O)(=O)NCC2CCCCC2)nc1. The third-order valence-corrected chi connectivity index (χ3v) is 5.08. The number of rotatable bonds is 6. The normalized spacial score (nSPS) is 17.2. The van der Waals surface area contributed by atoms with Crippen LogP contribution in [0, 0.1) is 5.92 Å². The fraction of sp³-hybridized carbons (Fsp3) is 0.643. The summed E-state index contributed by atoms with van der Waals surface area (Å²) in [5.74, 6) is 0.474. The van der Waals surface area contributed by atoms with E-state index in [1.54, 1.807) is 18.3 Å². The number of sulfonamides is 1. The number of nitrogens with zero attached hydrogens (tertiary/aromatic N) is 1. The molecule has 1 saturated carbocycles. The maximum atomic E-state index is 12.2. The highest BCUT2D eigenvalue weighted by Crippen LogP contribution is 2.23. The Morgan fingerprint density at radius 1 is 1.25 bits per heavy atom. The first-order chi connectivity index (χ1) is 9.62. The molecule has 0 radical (unpaired) electrons. The third kappa shape index (κ3) is 4.26. The molecule has 0 aromatic carbocycles. The van der Waals surface area contributed by atoms with E-state index in [9.17, 15) is 8.42 Å². The minimum Gasteiger partial charge on any atom is -0.316 e. The fourth-order valence-corrected chi connectivity index (χ4v) is 3.61. The van der Waals surface area contributed by atoms with E-state index < -0.39 is 10.0 Å². The van der Waals surface area contributed by atoms with Gasteiger partial charge in [0.15, 0.2) is 5.03 Å². The van der Waals surface area contributed by atoms with Gasteiger partial charge in [0.2, 0.25) is 0 Å². The number of hydrogen-bond donors (Lipinski definition) is 2. The van der Waals surface area contributed by atoms with Gasteiger partial charge in [-0.1, -0.05) is 25.3 Å². The Hall–Kier alpha value is -0.980. The van der Waals surface area contributed by atoms with Crippen LogP contribution >= 0.6 is 0 Å². The average molecular weight is 297 g/mol. The van der Waals surface area contributed by atoms with Crippen molar-refractivity contribution >= 4 is 10.0 Å². The van der Waals surface area contributed by atoms with Gasteiger partial charge in [-0.25, -0.2) is 18.1 Å². The molecule has 0 amide bonds. The van der Waals surface area contributed by atoms with Gasteiger partial charge >= 0.3 is 0 Å². The molecule has 2 N–H and O–H groups in total. The molecule has 1 heterocycles. The number of nitrogens with one attached hydrogen (secondary N) is 2. The van der Waals surface area contributed by atoms with E-state index in [1.165, 1.54) is 19.3 Å². The summed E-state index contributed by atoms with van der Waals surface area (Å²) in [5, 5.41) is 3.11. The van der Waals surface area contributed by atoms with E-state index in [1.807, 2.05) is 7.05 Å². The highest BCUT2D eigenvalue weighted by molar-refractivity contribution is 7.89. The molecule has 0 spiro atoms. The number of hydrogen-bond acceptors (Lipinski definition) is 4. The van der Waals surface area contributed by atoms with E-state index in [0.717, 1.165) is 18.4 Å². The minimum absolute atomic E-state index is 0.105. The molecular formula is C14H23N3O2S. The molecule has 1 aromatic heterocycles. The van der Waals surface area contributed by atoms with E-state index in [4.69, 9.17) is 0 Å². The van der Waals surface area contributed by atoms with Crippen LogP contribution < -0.4 is 10.0 Å². The summed E-state index contributed by atoms with van der Waals surface area (Å²) in [6.07, 6.45) is 7.55. The summed E-state index contributed by atoms with van der Waals surface area (Å²) in [6, 6.07) is 3.36. The van der Waals surface area contributed by atoms with Crippen LogP contribution in [-0.2, 0) is 16.6 Å². The van der Waals surface area contributed by atoms with Crippen LogP contribution in [0.3, 0.4) is 0 Å². The average Bonchev–Trinajstić information content (AvgIpc) is 2.47. The van der Waals surface area contributed by atoms with Gasteiger partial charge < -0.3 is 5.32 Å². The lowest BCUT2D eigenvalue weighted by atomic mass is 9.90. The lowest BCUT2D eigenvalue weighted by Crippen LogP contribution is -2.30. The van der Waals surface area contributed by atoms with Crippen LogP contribution in [0.2, 0.25) is 0 Å². The second kappa shape index (κ2) is 7.15. The second-order valence-electron chi connectivity index (χ2n) is 5.39. The molecule has 1 fully saturated rings. The van der Waals surface area contributed by atoms with Crippen molar-refractivity contribution in [3.63, 3.8) is 0 Å². The minimum atomic E-state index is -3.47. The maximum Gasteiger partial charge on any atom is 0.258 e. The Labute approximate surface area is 121 Å². The summed E-state index contributed by atoms with van der Waals surface area (Å²) in [5.41, 5.74) is 0.971. The van der Waals surface area contributed by atoms with Gasteiger partial charge in [-0.2, -0.15) is 0 Å². The second-order valence-corrected chi connectivity index (χ2v) is 7.10. The van der Waals surface area contributed by atoms with Crippen LogP contribution in [0.15, 0.2) is 23.4 Å². The monoisotopic (exact) mass is 297 g/mol. The standard InChI is InChI=1S/C14H23N3O2S/c1-15-9-13-7-8-14(16-10-13)20(18,19)17-11-12-5-3-2-4-6-12/h7-8,10,12,15,17H,2-6,9,11H2,1H3. The van der Waals surface area contributed by atoms with Gasteiger partial charge in [0.1, 0.15) is 0 Å². The number of pyridine rings is 1. The largest absolute Gasteiger partial charge is 0.316 e. The first kappa shape index (κ1) is 15.4. The molecule has 112 valence electrons. The quantitative estimate of drug-likeness (QED) is 0.838. The highest BCUT2D eigenvalue weighted by atomic mass is 32.2. The smallest absolute Gasteiger partial charge is 0.258 e. The van der Waals surface area contributed by atoms with Crippen molar-refractivity contribution in [2.45, 2.75) is 43.7 Å². The Balaban J connectivity index is 1.94. The van der Waals surface area contributed by atoms with Gasteiger partial charge in [-0.3, -0.25) is 0 Å². The third-order valence-electron chi connectivity index (χ3n) is 3.74. The van der Waals surface area contributed by atoms with Crippen molar-refractivity contribution in [1.29, 1.82) is 0 Å². The topological polar surface area (TPSA) is 71.1 Å².